The molecule has 0 unspecified atom stereocenters. The van der Waals surface area contributed by atoms with Crippen LogP contribution in [0.3, 0.4) is 0 Å². The molecule has 1 aliphatic heterocycles. The molecule has 0 radical (unpaired) electrons. The molecule has 11 heteroatoms. The van der Waals surface area contributed by atoms with Crippen molar-refractivity contribution in [2.75, 3.05) is 6.26 Å². The van der Waals surface area contributed by atoms with Gasteiger partial charge in [-0.05, 0) is 87.5 Å². The van der Waals surface area contributed by atoms with Gasteiger partial charge < -0.3 is 10.6 Å². The summed E-state index contributed by atoms with van der Waals surface area (Å²) in [7, 11) is -3.38. The molecule has 1 aromatic carbocycles. The monoisotopic (exact) mass is 658 g/mol. The van der Waals surface area contributed by atoms with Gasteiger partial charge in [-0.3, -0.25) is 9.59 Å². The Morgan fingerprint density at radius 3 is 2.09 bits per heavy atom. The van der Waals surface area contributed by atoms with E-state index in [2.05, 4.69) is 10.6 Å². The lowest BCUT2D eigenvalue weighted by molar-refractivity contribution is -0.680. The Hall–Kier alpha value is -2.31. The fourth-order valence-electron chi connectivity index (χ4n) is 8.61. The van der Waals surface area contributed by atoms with Gasteiger partial charge in [-0.25, -0.2) is 8.42 Å². The summed E-state index contributed by atoms with van der Waals surface area (Å²) >= 11 is 0. The molecule has 4 bridgehead atoms. The second-order valence-electron chi connectivity index (χ2n) is 15.0. The lowest BCUT2D eigenvalue weighted by atomic mass is 9.53. The molecule has 1 heterocycles. The topological polar surface area (TPSA) is 129 Å². The Bertz CT molecular complexity index is 1330. The summed E-state index contributed by atoms with van der Waals surface area (Å²) in [5.74, 6) is -0.382. The zero-order valence-electron chi connectivity index (χ0n) is 27.3. The Morgan fingerprint density at radius 1 is 0.913 bits per heavy atom. The Morgan fingerprint density at radius 2 is 1.52 bits per heavy atom. The molecule has 6 fully saturated rings. The summed E-state index contributed by atoms with van der Waals surface area (Å²) in [6, 6.07) is 8.57. The van der Waals surface area contributed by atoms with Crippen LogP contribution in [0, 0.1) is 35.5 Å². The largest absolute Gasteiger partial charge is 0.348 e. The molecular weight excluding hydrogens is 608 g/mol. The summed E-state index contributed by atoms with van der Waals surface area (Å²) in [6.45, 7) is 4.00. The molecule has 5 aliphatic carbocycles. The van der Waals surface area contributed by atoms with E-state index in [-0.39, 0.29) is 23.7 Å². The smallest absolute Gasteiger partial charge is 0.243 e. The van der Waals surface area contributed by atoms with Gasteiger partial charge in [-0.1, -0.05) is 50.3 Å². The van der Waals surface area contributed by atoms with E-state index in [1.54, 1.807) is 0 Å². The van der Waals surface area contributed by atoms with Crippen LogP contribution in [0.5, 0.6) is 0 Å². The quantitative estimate of drug-likeness (QED) is 0.313. The predicted octanol–water partition coefficient (Wildman–Crippen LogP) is 5.14. The minimum Gasteiger partial charge on any atom is -0.348 e. The number of benzene rings is 1. The maximum Gasteiger partial charge on any atom is 0.243 e. The van der Waals surface area contributed by atoms with E-state index in [0.717, 1.165) is 54.7 Å². The van der Waals surface area contributed by atoms with Crippen molar-refractivity contribution >= 4 is 21.7 Å². The van der Waals surface area contributed by atoms with Crippen LogP contribution >= 0.6 is 0 Å². The highest BCUT2D eigenvalue weighted by molar-refractivity contribution is 7.93. The highest BCUT2D eigenvalue weighted by Crippen LogP contribution is 2.62. The molecule has 1 saturated heterocycles. The number of nitrogens with one attached hydrogen (secondary N) is 2. The van der Waals surface area contributed by atoms with Gasteiger partial charge in [0.1, 0.15) is 6.04 Å². The van der Waals surface area contributed by atoms with Crippen LogP contribution in [0.15, 0.2) is 41.8 Å². The Balaban J connectivity index is 1.03. The maximum absolute atomic E-state index is 13.6. The summed E-state index contributed by atoms with van der Waals surface area (Å²) in [5.41, 5.74) is 1.09. The fraction of sp³-hybridized carbons (Fsp3) is 0.714. The number of hydrogen-bond donors (Lipinski definition) is 2. The summed E-state index contributed by atoms with van der Waals surface area (Å²) in [5, 5.41) is 7.13. The standard InChI is InChI=1S/C35H50N2O8S/c1-23(2)17-31(33(39)36-30(13-16-46(3,40)41)10-9-24-7-5-4-6-8-24)37-32(38)27-11-14-34(15-12-27)42-44-35(45-43-34)28-19-25-18-26(21-28)22-29(35)20-25/h4-8,13,16,23,25-31H,9-12,14-15,17-22H2,1-3H3,(H,36,39)(H,37,38)/b16-13+/t25?,26?,27?,28?,29?,30-,31-,34?,35?/m0/s1. The van der Waals surface area contributed by atoms with Gasteiger partial charge in [0, 0.05) is 48.3 Å². The molecule has 2 atom stereocenters. The first-order valence-corrected chi connectivity index (χ1v) is 19.1. The zero-order chi connectivity index (χ0) is 32.5. The maximum atomic E-state index is 13.6. The summed E-state index contributed by atoms with van der Waals surface area (Å²) < 4.78 is 23.7. The van der Waals surface area contributed by atoms with E-state index >= 15 is 0 Å². The number of sulfone groups is 1. The molecule has 2 N–H and O–H groups in total. The van der Waals surface area contributed by atoms with Gasteiger partial charge in [0.2, 0.25) is 23.4 Å². The van der Waals surface area contributed by atoms with Crippen LogP contribution in [0.25, 0.3) is 0 Å². The third-order valence-electron chi connectivity index (χ3n) is 10.9. The van der Waals surface area contributed by atoms with Crippen LogP contribution in [-0.4, -0.2) is 50.1 Å². The second kappa shape index (κ2) is 13.7. The molecule has 2 amide bonds. The first kappa shape index (κ1) is 33.6. The molecule has 1 aromatic rings. The first-order chi connectivity index (χ1) is 21.9. The van der Waals surface area contributed by atoms with E-state index in [9.17, 15) is 18.0 Å². The molecule has 0 aromatic heterocycles. The van der Waals surface area contributed by atoms with E-state index in [1.807, 2.05) is 44.2 Å². The summed E-state index contributed by atoms with van der Waals surface area (Å²) in [4.78, 5) is 51.4. The third-order valence-corrected chi connectivity index (χ3v) is 11.5. The molecule has 2 spiro atoms. The molecule has 254 valence electrons. The van der Waals surface area contributed by atoms with Crippen molar-refractivity contribution in [2.24, 2.45) is 35.5 Å². The highest BCUT2D eigenvalue weighted by Gasteiger charge is 2.64. The van der Waals surface area contributed by atoms with Crippen molar-refractivity contribution in [3.05, 3.63) is 47.4 Å². The molecule has 7 rings (SSSR count). The average Bonchev–Trinajstić information content (AvgIpc) is 3.01. The molecule has 6 aliphatic rings. The SMILES string of the molecule is CC(C)C[C@H](NC(=O)C1CCC2(CC1)OOC1(OO2)C2CC3CC(C2)CC1C3)C(=O)N[C@H](/C=C/S(C)(=O)=O)CCc1ccccc1. The van der Waals surface area contributed by atoms with Crippen molar-refractivity contribution < 1.29 is 37.6 Å². The fourth-order valence-corrected chi connectivity index (χ4v) is 9.08. The van der Waals surface area contributed by atoms with Crippen molar-refractivity contribution in [1.82, 2.24) is 10.6 Å². The van der Waals surface area contributed by atoms with E-state index < -0.39 is 33.5 Å². The van der Waals surface area contributed by atoms with Gasteiger partial charge in [0.05, 0.1) is 0 Å². The third kappa shape index (κ3) is 7.70. The van der Waals surface area contributed by atoms with E-state index in [4.69, 9.17) is 19.6 Å². The molecule has 5 saturated carbocycles. The van der Waals surface area contributed by atoms with Gasteiger partial charge in [-0.15, -0.1) is 0 Å². The number of rotatable bonds is 11. The van der Waals surface area contributed by atoms with Crippen molar-refractivity contribution in [2.45, 2.75) is 115 Å². The Labute approximate surface area is 273 Å². The average molecular weight is 659 g/mol. The van der Waals surface area contributed by atoms with Crippen molar-refractivity contribution in [1.29, 1.82) is 0 Å². The van der Waals surface area contributed by atoms with E-state index in [0.29, 0.717) is 56.8 Å². The van der Waals surface area contributed by atoms with Gasteiger partial charge in [0.25, 0.3) is 0 Å². The molecule has 10 nitrogen and oxygen atoms in total. The van der Waals surface area contributed by atoms with Gasteiger partial charge in [-0.2, -0.15) is 19.6 Å². The predicted molar refractivity (Wildman–Crippen MR) is 171 cm³/mol. The number of carbonyl (C=O) groups excluding carboxylic acids is 2. The molecule has 46 heavy (non-hydrogen) atoms. The van der Waals surface area contributed by atoms with Crippen LogP contribution in [0.2, 0.25) is 0 Å². The summed E-state index contributed by atoms with van der Waals surface area (Å²) in [6.07, 6.45) is 11.9. The lowest BCUT2D eigenvalue weighted by Gasteiger charge is -2.60. The number of hydrogen-bond acceptors (Lipinski definition) is 8. The van der Waals surface area contributed by atoms with Crippen LogP contribution < -0.4 is 10.6 Å². The number of aryl methyl sites for hydroxylation is 1. The molecular formula is C35H50N2O8S. The second-order valence-corrected chi connectivity index (χ2v) is 17.0. The van der Waals surface area contributed by atoms with Crippen LogP contribution in [-0.2, 0) is 45.4 Å². The minimum atomic E-state index is -3.38. The minimum absolute atomic E-state index is 0.149. The van der Waals surface area contributed by atoms with Crippen molar-refractivity contribution in [3.63, 3.8) is 0 Å². The van der Waals surface area contributed by atoms with E-state index in [1.165, 1.54) is 12.5 Å². The van der Waals surface area contributed by atoms with Gasteiger partial charge >= 0.3 is 0 Å². The lowest BCUT2D eigenvalue weighted by Crippen LogP contribution is -2.64. The van der Waals surface area contributed by atoms with Crippen LogP contribution in [0.4, 0.5) is 0 Å². The number of carbonyl (C=O) groups is 2. The highest BCUT2D eigenvalue weighted by atomic mass is 32.2. The van der Waals surface area contributed by atoms with Gasteiger partial charge in [0.15, 0.2) is 9.84 Å². The normalized spacial score (nSPS) is 35.1. The zero-order valence-corrected chi connectivity index (χ0v) is 28.1. The Kier molecular flexibility index (Phi) is 9.98. The van der Waals surface area contributed by atoms with Crippen molar-refractivity contribution in [3.8, 4) is 0 Å². The first-order valence-electron chi connectivity index (χ1n) is 17.2. The van der Waals surface area contributed by atoms with Crippen LogP contribution in [0.1, 0.15) is 90.0 Å². The number of amides is 2.